The highest BCUT2D eigenvalue weighted by Gasteiger charge is 2.35. The van der Waals surface area contributed by atoms with Gasteiger partial charge in [0.1, 0.15) is 24.2 Å². The van der Waals surface area contributed by atoms with E-state index in [1.54, 1.807) is 40.9 Å². The summed E-state index contributed by atoms with van der Waals surface area (Å²) >= 11 is 1.57. The van der Waals surface area contributed by atoms with Crippen LogP contribution in [0.1, 0.15) is 38.5 Å². The number of aromatic nitrogens is 1. The maximum absolute atomic E-state index is 13.1. The lowest BCUT2D eigenvalue weighted by Gasteiger charge is -2.23. The highest BCUT2D eigenvalue weighted by molar-refractivity contribution is 7.99. The van der Waals surface area contributed by atoms with E-state index in [1.807, 2.05) is 45.9 Å². The molecule has 1 aliphatic rings. The summed E-state index contributed by atoms with van der Waals surface area (Å²) in [4.78, 5) is 27.7. The van der Waals surface area contributed by atoms with Gasteiger partial charge in [0.25, 0.3) is 5.91 Å². The molecule has 2 aromatic carbocycles. The minimum Gasteiger partial charge on any atom is -0.489 e. The Kier molecular flexibility index (Phi) is 6.74. The van der Waals surface area contributed by atoms with Gasteiger partial charge >= 0.3 is 0 Å². The van der Waals surface area contributed by atoms with Crippen molar-refractivity contribution in [3.8, 4) is 5.75 Å². The van der Waals surface area contributed by atoms with E-state index in [-0.39, 0.29) is 11.8 Å². The normalized spacial score (nSPS) is 15.5. The van der Waals surface area contributed by atoms with Gasteiger partial charge in [0.2, 0.25) is 5.91 Å². The van der Waals surface area contributed by atoms with Crippen LogP contribution >= 0.6 is 11.8 Å². The predicted octanol–water partition coefficient (Wildman–Crippen LogP) is 4.64. The van der Waals surface area contributed by atoms with Crippen LogP contribution in [0.3, 0.4) is 0 Å². The van der Waals surface area contributed by atoms with Crippen LogP contribution in [0.15, 0.2) is 47.0 Å². The lowest BCUT2D eigenvalue weighted by Crippen LogP contribution is -2.44. The van der Waals surface area contributed by atoms with Crippen molar-refractivity contribution >= 4 is 29.3 Å². The number of rotatable bonds is 6. The van der Waals surface area contributed by atoms with Crippen LogP contribution in [-0.2, 0) is 11.4 Å². The lowest BCUT2D eigenvalue weighted by atomic mass is 10.1. The Morgan fingerprint density at radius 1 is 1.12 bits per heavy atom. The van der Waals surface area contributed by atoms with Crippen LogP contribution in [-0.4, -0.2) is 39.5 Å². The molecule has 0 spiro atoms. The predicted molar refractivity (Wildman–Crippen MR) is 129 cm³/mol. The Bertz CT molecular complexity index is 1150. The van der Waals surface area contributed by atoms with Gasteiger partial charge in [-0.25, -0.2) is 0 Å². The fourth-order valence-electron chi connectivity index (χ4n) is 3.63. The van der Waals surface area contributed by atoms with Crippen molar-refractivity contribution < 1.29 is 18.8 Å². The maximum atomic E-state index is 13.1. The van der Waals surface area contributed by atoms with Gasteiger partial charge in [-0.2, -0.15) is 0 Å². The highest BCUT2D eigenvalue weighted by Crippen LogP contribution is 2.26. The van der Waals surface area contributed by atoms with Gasteiger partial charge in [0.05, 0.1) is 17.1 Å². The maximum Gasteiger partial charge on any atom is 0.255 e. The molecule has 1 aromatic heterocycles. The minimum absolute atomic E-state index is 0.169. The molecule has 1 aliphatic heterocycles. The third kappa shape index (κ3) is 5.06. The molecule has 8 heteroatoms. The van der Waals surface area contributed by atoms with Crippen molar-refractivity contribution in [2.24, 2.45) is 0 Å². The number of anilines is 1. The largest absolute Gasteiger partial charge is 0.489 e. The Labute approximate surface area is 197 Å². The number of benzene rings is 2. The fourth-order valence-corrected chi connectivity index (χ4v) is 4.78. The SMILES string of the molecule is Cc1ccc(NC(=O)C2CSCN2C(=O)c2ccc(OCc3c(C)noc3C)cc2)cc1C. The minimum atomic E-state index is -0.514. The first kappa shape index (κ1) is 22.9. The number of hydrogen-bond donors (Lipinski definition) is 1. The molecular formula is C25H27N3O4S. The molecule has 0 radical (unpaired) electrons. The van der Waals surface area contributed by atoms with Crippen LogP contribution < -0.4 is 10.1 Å². The van der Waals surface area contributed by atoms with Gasteiger partial charge < -0.3 is 19.5 Å². The summed E-state index contributed by atoms with van der Waals surface area (Å²) in [5, 5.41) is 6.88. The summed E-state index contributed by atoms with van der Waals surface area (Å²) < 4.78 is 11.0. The second-order valence-corrected chi connectivity index (χ2v) is 9.19. The Morgan fingerprint density at radius 3 is 2.55 bits per heavy atom. The smallest absolute Gasteiger partial charge is 0.255 e. The Balaban J connectivity index is 1.40. The van der Waals surface area contributed by atoms with Crippen LogP contribution in [0.25, 0.3) is 0 Å². The molecule has 33 heavy (non-hydrogen) atoms. The number of hydrogen-bond acceptors (Lipinski definition) is 6. The number of ether oxygens (including phenoxy) is 1. The van der Waals surface area contributed by atoms with E-state index < -0.39 is 6.04 Å². The van der Waals surface area contributed by atoms with Gasteiger partial charge in [-0.1, -0.05) is 11.2 Å². The van der Waals surface area contributed by atoms with Crippen molar-refractivity contribution in [3.63, 3.8) is 0 Å². The quantitative estimate of drug-likeness (QED) is 0.571. The molecule has 3 aromatic rings. The van der Waals surface area contributed by atoms with Crippen LogP contribution in [0.5, 0.6) is 5.75 Å². The number of aryl methyl sites for hydroxylation is 4. The zero-order valence-corrected chi connectivity index (χ0v) is 20.0. The highest BCUT2D eigenvalue weighted by atomic mass is 32.2. The molecule has 1 N–H and O–H groups in total. The summed E-state index contributed by atoms with van der Waals surface area (Å²) in [7, 11) is 0. The average molecular weight is 466 g/mol. The number of nitrogens with zero attached hydrogens (tertiary/aromatic N) is 2. The summed E-state index contributed by atoms with van der Waals surface area (Å²) in [5.41, 5.74) is 5.26. The van der Waals surface area contributed by atoms with E-state index in [9.17, 15) is 9.59 Å². The Hall–Kier alpha value is -3.26. The number of carbonyl (C=O) groups is 2. The lowest BCUT2D eigenvalue weighted by molar-refractivity contribution is -0.119. The van der Waals surface area contributed by atoms with Crippen molar-refractivity contribution in [2.45, 2.75) is 40.3 Å². The molecule has 1 saturated heterocycles. The second-order valence-electron chi connectivity index (χ2n) is 8.19. The molecule has 2 amide bonds. The number of thioether (sulfide) groups is 1. The van der Waals surface area contributed by atoms with Crippen LogP contribution in [0.4, 0.5) is 5.69 Å². The Morgan fingerprint density at radius 2 is 1.88 bits per heavy atom. The molecule has 1 unspecified atom stereocenters. The van der Waals surface area contributed by atoms with E-state index in [1.165, 1.54) is 5.56 Å². The van der Waals surface area contributed by atoms with Crippen molar-refractivity contribution in [1.82, 2.24) is 10.1 Å². The van der Waals surface area contributed by atoms with E-state index in [0.717, 1.165) is 28.3 Å². The van der Waals surface area contributed by atoms with Gasteiger partial charge in [-0.15, -0.1) is 11.8 Å². The summed E-state index contributed by atoms with van der Waals surface area (Å²) in [5.74, 6) is 2.09. The summed E-state index contributed by atoms with van der Waals surface area (Å²) in [6.07, 6.45) is 0. The second kappa shape index (κ2) is 9.70. The average Bonchev–Trinajstić information content (AvgIpc) is 3.42. The zero-order chi connectivity index (χ0) is 23.5. The van der Waals surface area contributed by atoms with E-state index >= 15 is 0 Å². The molecule has 0 bridgehead atoms. The van der Waals surface area contributed by atoms with Crippen molar-refractivity contribution in [1.29, 1.82) is 0 Å². The molecule has 1 atom stereocenters. The number of amides is 2. The number of nitrogens with one attached hydrogen (secondary N) is 1. The monoisotopic (exact) mass is 465 g/mol. The first-order valence-corrected chi connectivity index (χ1v) is 11.9. The molecule has 0 saturated carbocycles. The summed E-state index contributed by atoms with van der Waals surface area (Å²) in [6, 6.07) is 12.3. The molecule has 4 rings (SSSR count). The zero-order valence-electron chi connectivity index (χ0n) is 19.2. The first-order chi connectivity index (χ1) is 15.8. The van der Waals surface area contributed by atoms with Crippen LogP contribution in [0, 0.1) is 27.7 Å². The van der Waals surface area contributed by atoms with Gasteiger partial charge in [0.15, 0.2) is 0 Å². The first-order valence-electron chi connectivity index (χ1n) is 10.7. The van der Waals surface area contributed by atoms with Gasteiger partial charge in [0, 0.05) is 17.0 Å². The third-order valence-corrected chi connectivity index (χ3v) is 6.90. The molecule has 1 fully saturated rings. The number of carbonyl (C=O) groups excluding carboxylic acids is 2. The van der Waals surface area contributed by atoms with Crippen molar-refractivity contribution in [2.75, 3.05) is 16.9 Å². The van der Waals surface area contributed by atoms with Crippen molar-refractivity contribution in [3.05, 3.63) is 76.2 Å². The van der Waals surface area contributed by atoms with E-state index in [4.69, 9.17) is 9.26 Å². The third-order valence-electron chi connectivity index (χ3n) is 5.89. The van der Waals surface area contributed by atoms with Gasteiger partial charge in [-0.3, -0.25) is 9.59 Å². The molecule has 7 nitrogen and oxygen atoms in total. The van der Waals surface area contributed by atoms with Gasteiger partial charge in [-0.05, 0) is 75.2 Å². The molecular weight excluding hydrogens is 438 g/mol. The standard InChI is InChI=1S/C25H27N3O4S/c1-15-5-8-20(11-16(15)2)26-24(29)23-13-33-14-28(23)25(30)19-6-9-21(10-7-19)31-12-22-17(3)27-32-18(22)4/h5-11,23H,12-14H2,1-4H3,(H,26,29). The summed E-state index contributed by atoms with van der Waals surface area (Å²) in [6.45, 7) is 8.10. The topological polar surface area (TPSA) is 84.7 Å². The van der Waals surface area contributed by atoms with E-state index in [2.05, 4.69) is 10.5 Å². The fraction of sp³-hybridized carbons (Fsp3) is 0.320. The molecule has 172 valence electrons. The van der Waals surface area contributed by atoms with Crippen LogP contribution in [0.2, 0.25) is 0 Å². The molecule has 2 heterocycles. The molecule has 0 aliphatic carbocycles. The van der Waals surface area contributed by atoms with E-state index in [0.29, 0.717) is 29.5 Å².